The Morgan fingerprint density at radius 1 is 0.473 bits per heavy atom. The summed E-state index contributed by atoms with van der Waals surface area (Å²) in [5.74, 6) is -18.3. The number of carbonyl (C=O) groups excluding carboxylic acids is 14. The number of hydrogen-bond acceptors (Lipinski definition) is 30. The first-order valence-electron chi connectivity index (χ1n) is 47.8. The third kappa shape index (κ3) is 40.5. The number of rotatable bonds is 65. The number of carbonyl (C=O) groups is 14. The highest BCUT2D eigenvalue weighted by molar-refractivity contribution is 6.22. The van der Waals surface area contributed by atoms with Gasteiger partial charge in [0, 0.05) is 127 Å². The molecule has 57 nitrogen and oxygen atoms in total. The van der Waals surface area contributed by atoms with Gasteiger partial charge in [0.15, 0.2) is 59.7 Å². The van der Waals surface area contributed by atoms with Crippen molar-refractivity contribution in [1.29, 1.82) is 43.3 Å². The molecule has 0 bridgehead atoms. The van der Waals surface area contributed by atoms with Gasteiger partial charge >= 0.3 is 0 Å². The Kier molecular flexibility index (Phi) is 50.6. The standard InChI is InChI=1S/C89H147N35O22/c1-43-48-17-7-26-59(144-4)65(48)70(132)67-64(43)69(131)49-40-89(143,61(128)42-125)41-60(66(49)71(67)133)146-63-39-58(68(130)44(2)145-63)117-62(129)28-27-47(127)38-46(16-8-30-108-81(91)92)73(135)119-51(20-10-32-110-83(95)96)74(136)107-29-6-5-18-53(120-78(140)55(23-13-35-113-86(101)102)121-75(137)52(116-45(3)126)21-11-33-111-84(97)98)77(139)123-56(24-14-36-114-87(103)104)80(142)124-57(25-15-37-115-88(105)106)79(141)122-54(22-12-34-112-85(99)100)76(138)118-50(72(90)134)19-9-31-109-82(93)94/h7,17,26,44,46,50-58,60,63,68,125,130-131,133,143H,1,5-6,8-16,18-25,27-42H2,2-4H3,(H2,90,134)(H,107,136)(H,116,126)(H,117,129)(H,118,138)(H,119,135)(H,120,140)(H,121,137)(H,122,141)(H,123,139)(H,124,142)(H4,91,92,108)(H4,93,94,109)(H4,95,96,110)(H4,97,98,111)(H4,99,100,112)(H4,101,102,113)(H4,103,104,114)(H4,105,106,115)/t44?,46-,50+,51+,52?,53?,54+,55?,56+,57+,58?,60+,63?,68?,89-/m1/s1. The summed E-state index contributed by atoms with van der Waals surface area (Å²) in [6.07, 6.45) is -10.1. The third-order valence-electron chi connectivity index (χ3n) is 24.0. The molecule has 1 saturated heterocycles. The molecule has 0 saturated carbocycles. The number of nitrogens with two attached hydrogens (primary N) is 9. The van der Waals surface area contributed by atoms with Gasteiger partial charge in [-0.15, -0.1) is 0 Å². The van der Waals surface area contributed by atoms with Crippen molar-refractivity contribution >= 4 is 136 Å². The van der Waals surface area contributed by atoms with Crippen molar-refractivity contribution in [1.82, 2.24) is 95.7 Å². The van der Waals surface area contributed by atoms with Crippen molar-refractivity contribution in [2.24, 2.45) is 57.5 Å². The predicted octanol–water partition coefficient (Wildman–Crippen LogP) is -8.88. The highest BCUT2D eigenvalue weighted by atomic mass is 16.7. The molecule has 3 aliphatic rings. The number of unbranched alkanes of at least 4 members (excludes halogenated alkanes) is 1. The van der Waals surface area contributed by atoms with Crippen LogP contribution in [0.15, 0.2) is 24.8 Å². The van der Waals surface area contributed by atoms with Crippen molar-refractivity contribution in [2.45, 2.75) is 259 Å². The summed E-state index contributed by atoms with van der Waals surface area (Å²) in [6, 6.07) is -8.58. The number of hydrogen-bond donors (Lipinski definition) is 40. The molecule has 15 atom stereocenters. The number of primary amides is 1. The summed E-state index contributed by atoms with van der Waals surface area (Å²) < 4.78 is 17.9. The Balaban J connectivity index is 1.45. The van der Waals surface area contributed by atoms with Gasteiger partial charge in [-0.2, -0.15) is 0 Å². The van der Waals surface area contributed by atoms with Gasteiger partial charge < -0.3 is 187 Å². The smallest absolute Gasteiger partial charge is 0.243 e. The molecule has 7 unspecified atom stereocenters. The van der Waals surface area contributed by atoms with E-state index in [9.17, 15) is 78.3 Å². The van der Waals surface area contributed by atoms with E-state index in [1.54, 1.807) is 12.1 Å². The molecule has 0 spiro atoms. The van der Waals surface area contributed by atoms with Gasteiger partial charge in [-0.3, -0.25) is 110 Å². The molecule has 146 heavy (non-hydrogen) atoms. The number of fused-ring (bicyclic) bond motifs is 3. The van der Waals surface area contributed by atoms with E-state index < -0.39 is 264 Å². The number of amides is 11. The molecule has 2 aliphatic carbocycles. The molecule has 57 heteroatoms. The maximum Gasteiger partial charge on any atom is 0.243 e. The first kappa shape index (κ1) is 121. The van der Waals surface area contributed by atoms with Crippen LogP contribution in [-0.2, 0) is 78.2 Å². The van der Waals surface area contributed by atoms with E-state index in [0.29, 0.717) is 0 Å². The summed E-state index contributed by atoms with van der Waals surface area (Å²) in [6.45, 7) is 5.36. The normalized spacial score (nSPS) is 17.7. The van der Waals surface area contributed by atoms with Gasteiger partial charge in [0.05, 0.1) is 36.5 Å². The highest BCUT2D eigenvalue weighted by Gasteiger charge is 2.51. The number of phenolic OH excluding ortho intramolecular Hbond substituents is 2. The lowest BCUT2D eigenvalue weighted by Gasteiger charge is -2.43. The molecular formula is C89H147N35O22. The topological polar surface area (TPSA) is 1010 Å². The second kappa shape index (κ2) is 61.0. The average Bonchev–Trinajstić information content (AvgIpc) is 0.708. The lowest BCUT2D eigenvalue weighted by molar-refractivity contribution is -0.249. The van der Waals surface area contributed by atoms with Crippen molar-refractivity contribution in [3.8, 4) is 17.2 Å². The van der Waals surface area contributed by atoms with Crippen LogP contribution < -0.4 is 152 Å². The second-order valence-corrected chi connectivity index (χ2v) is 35.5. The van der Waals surface area contributed by atoms with E-state index in [-0.39, 0.29) is 238 Å². The lowest BCUT2D eigenvalue weighted by atomic mass is 9.71. The first-order chi connectivity index (χ1) is 69.0. The van der Waals surface area contributed by atoms with Crippen molar-refractivity contribution < 1.29 is 107 Å². The van der Waals surface area contributed by atoms with Gasteiger partial charge in [-0.25, -0.2) is 0 Å². The summed E-state index contributed by atoms with van der Waals surface area (Å²) in [5, 5.41) is 166. The summed E-state index contributed by atoms with van der Waals surface area (Å²) in [7, 11) is 1.32. The number of aliphatic hydroxyl groups excluding tert-OH is 2. The van der Waals surface area contributed by atoms with Gasteiger partial charge in [0.1, 0.15) is 89.7 Å². The number of guanidine groups is 8. The number of phenols is 2. The van der Waals surface area contributed by atoms with E-state index in [1.807, 2.05) is 0 Å². The maximum absolute atomic E-state index is 15.3. The fourth-order valence-electron chi connectivity index (χ4n) is 16.6. The summed E-state index contributed by atoms with van der Waals surface area (Å²) >= 11 is 0. The fraction of sp³-hybridized carbons (Fsp3) is 0.596. The number of aliphatic hydroxyl groups is 3. The van der Waals surface area contributed by atoms with Crippen LogP contribution in [0, 0.1) is 49.2 Å². The molecule has 810 valence electrons. The van der Waals surface area contributed by atoms with Crippen LogP contribution in [0.1, 0.15) is 212 Å². The number of ketones is 3. The van der Waals surface area contributed by atoms with Gasteiger partial charge in [0.2, 0.25) is 70.8 Å². The Morgan fingerprint density at radius 2 is 0.836 bits per heavy atom. The second-order valence-electron chi connectivity index (χ2n) is 35.5. The molecular weight excluding hydrogens is 1910 g/mol. The monoisotopic (exact) mass is 2060 g/mol. The van der Waals surface area contributed by atoms with Crippen molar-refractivity contribution in [3.63, 3.8) is 0 Å². The molecule has 2 aromatic carbocycles. The minimum Gasteiger partial charge on any atom is -0.507 e. The molecule has 1 heterocycles. The molecule has 2 aromatic rings. The predicted molar refractivity (Wildman–Crippen MR) is 533 cm³/mol. The quantitative estimate of drug-likeness (QED) is 0.0108. The minimum absolute atomic E-state index is 0.00242. The number of methoxy groups -OCH3 is 1. The van der Waals surface area contributed by atoms with Crippen molar-refractivity contribution in [3.05, 3.63) is 58.2 Å². The minimum atomic E-state index is -2.45. The average molecular weight is 2060 g/mol. The summed E-state index contributed by atoms with van der Waals surface area (Å²) in [5.41, 5.74) is 46.9. The van der Waals surface area contributed by atoms with Crippen LogP contribution in [-0.4, -0.2) is 307 Å². The summed E-state index contributed by atoms with van der Waals surface area (Å²) in [4.78, 5) is 199. The zero-order valence-corrected chi connectivity index (χ0v) is 82.1. The fourth-order valence-corrected chi connectivity index (χ4v) is 16.6. The van der Waals surface area contributed by atoms with Gasteiger partial charge in [-0.05, 0) is 146 Å². The van der Waals surface area contributed by atoms with Gasteiger partial charge in [0.25, 0.3) is 0 Å². The molecule has 0 aromatic heterocycles. The SMILES string of the molecule is C=C1c2cccc(OC)c2C(=O)c2c(O)c3c(c(O)c21)C[C@](O)(C(=O)CO)C[C@@H]3OC1CC(NC(=O)CCC(=O)C[C@@H](CCCNC(=N)N)C(=O)N[C@@H](CCCNC(=N)N)C(=O)NCCCCC(NC(=O)C(CCCNC(=N)N)NC(=O)C(CCCNC(=N)N)NC(C)=O)C(=O)N[C@@H](CCCNC(=N)N)C(=O)N[C@@H](CCCNC(=N)N)C(=O)N[C@@H](CCCNC(=N)N)C(=O)N[C@@H](CCCNC(=N)N)C(N)=O)C(O)C(C)O1. The highest BCUT2D eigenvalue weighted by Crippen LogP contribution is 2.55. The van der Waals surface area contributed by atoms with E-state index in [0.717, 1.165) is 6.92 Å². The van der Waals surface area contributed by atoms with E-state index >= 15 is 14.4 Å². The zero-order valence-electron chi connectivity index (χ0n) is 82.1. The Labute approximate surface area is 842 Å². The molecule has 1 fully saturated rings. The first-order valence-corrected chi connectivity index (χ1v) is 47.8. The molecule has 49 N–H and O–H groups in total. The number of nitrogens with one attached hydrogen (secondary N) is 26. The number of ether oxygens (including phenoxy) is 3. The molecule has 0 radical (unpaired) electrons. The van der Waals surface area contributed by atoms with Crippen molar-refractivity contribution in [2.75, 3.05) is 72.6 Å². The third-order valence-corrected chi connectivity index (χ3v) is 24.0. The molecule has 11 amide bonds. The van der Waals surface area contributed by atoms with Crippen LogP contribution in [0.5, 0.6) is 17.2 Å². The largest absolute Gasteiger partial charge is 0.507 e. The maximum atomic E-state index is 15.3. The Morgan fingerprint density at radius 3 is 1.22 bits per heavy atom. The Bertz CT molecular complexity index is 5010. The van der Waals surface area contributed by atoms with E-state index in [4.69, 9.17) is 109 Å². The Hall–Kier alpha value is -15.3. The number of aromatic hydroxyl groups is 2. The van der Waals surface area contributed by atoms with Crippen LogP contribution in [0.4, 0.5) is 0 Å². The van der Waals surface area contributed by atoms with Crippen LogP contribution in [0.2, 0.25) is 0 Å². The van der Waals surface area contributed by atoms with E-state index in [2.05, 4.69) is 102 Å². The van der Waals surface area contributed by atoms with Crippen LogP contribution in [0.25, 0.3) is 5.57 Å². The zero-order chi connectivity index (χ0) is 109. The van der Waals surface area contributed by atoms with E-state index in [1.165, 1.54) is 20.1 Å². The molecule has 5 rings (SSSR count). The van der Waals surface area contributed by atoms with Crippen LogP contribution >= 0.6 is 0 Å². The lowest BCUT2D eigenvalue weighted by Crippen LogP contribution is -2.60. The number of Topliss-reactive ketones (excluding diaryl/α,β-unsaturated/α-hetero) is 2. The van der Waals surface area contributed by atoms with Crippen LogP contribution in [0.3, 0.4) is 0 Å². The number of benzene rings is 2. The van der Waals surface area contributed by atoms with Gasteiger partial charge in [-0.1, -0.05) is 18.7 Å². The molecule has 1 aliphatic heterocycles.